The number of rotatable bonds is 8. The molecule has 15 heteroatoms. The first-order valence-electron chi connectivity index (χ1n) is 11.5. The second-order valence-electron chi connectivity index (χ2n) is 9.23. The van der Waals surface area contributed by atoms with Gasteiger partial charge < -0.3 is 15.5 Å². The minimum atomic E-state index is -4.58. The second kappa shape index (κ2) is 12.9. The number of tetrazole rings is 1. The van der Waals surface area contributed by atoms with Crippen LogP contribution in [-0.2, 0) is 15.8 Å². The van der Waals surface area contributed by atoms with Crippen LogP contribution in [0.2, 0.25) is 10.0 Å². The SMILES string of the molecule is CN(C)CC(=O)NC(C)(C)C#Cc1ccc(NC(=O)CSc2nnnn2-c2cc(C(F)(F)F)ccc2Cl)c(Cl)c1. The summed E-state index contributed by atoms with van der Waals surface area (Å²) in [6, 6.07) is 7.59. The number of aromatic nitrogens is 4. The highest BCUT2D eigenvalue weighted by atomic mass is 35.5. The van der Waals surface area contributed by atoms with Gasteiger partial charge >= 0.3 is 6.18 Å². The Kier molecular flexibility index (Phi) is 10.1. The van der Waals surface area contributed by atoms with Gasteiger partial charge in [0.15, 0.2) is 0 Å². The second-order valence-corrected chi connectivity index (χ2v) is 11.0. The van der Waals surface area contributed by atoms with Crippen molar-refractivity contribution in [2.75, 3.05) is 31.7 Å². The summed E-state index contributed by atoms with van der Waals surface area (Å²) in [6.45, 7) is 3.79. The number of halogens is 5. The fourth-order valence-electron chi connectivity index (χ4n) is 3.22. The Morgan fingerprint density at radius 3 is 2.45 bits per heavy atom. The Morgan fingerprint density at radius 1 is 1.07 bits per heavy atom. The molecule has 1 aromatic heterocycles. The maximum absolute atomic E-state index is 13.1. The molecule has 0 spiro atoms. The maximum atomic E-state index is 13.1. The van der Waals surface area contributed by atoms with Crippen molar-refractivity contribution >= 4 is 52.5 Å². The minimum absolute atomic E-state index is 0.000837. The molecule has 0 aliphatic carbocycles. The largest absolute Gasteiger partial charge is 0.416 e. The third-order valence-corrected chi connectivity index (χ3v) is 6.50. The highest BCUT2D eigenvalue weighted by Crippen LogP contribution is 2.34. The van der Waals surface area contributed by atoms with E-state index in [0.29, 0.717) is 11.3 Å². The van der Waals surface area contributed by atoms with E-state index < -0.39 is 23.2 Å². The average Bonchev–Trinajstić information content (AvgIpc) is 3.30. The van der Waals surface area contributed by atoms with E-state index in [1.807, 2.05) is 0 Å². The highest BCUT2D eigenvalue weighted by Gasteiger charge is 2.31. The monoisotopic (exact) mass is 613 g/mol. The predicted molar refractivity (Wildman–Crippen MR) is 148 cm³/mol. The third-order valence-electron chi connectivity index (χ3n) is 4.95. The highest BCUT2D eigenvalue weighted by molar-refractivity contribution is 7.99. The molecule has 2 N–H and O–H groups in total. The van der Waals surface area contributed by atoms with E-state index in [1.165, 1.54) is 0 Å². The average molecular weight is 614 g/mol. The molecule has 0 saturated carbocycles. The Labute approximate surface area is 242 Å². The summed E-state index contributed by atoms with van der Waals surface area (Å²) in [4.78, 5) is 26.3. The van der Waals surface area contributed by atoms with E-state index in [-0.39, 0.29) is 39.1 Å². The van der Waals surface area contributed by atoms with Crippen molar-refractivity contribution in [1.29, 1.82) is 0 Å². The van der Waals surface area contributed by atoms with Gasteiger partial charge in [0.25, 0.3) is 0 Å². The lowest BCUT2D eigenvalue weighted by molar-refractivity contribution is -0.137. The Balaban J connectivity index is 1.64. The van der Waals surface area contributed by atoms with Crippen LogP contribution < -0.4 is 10.6 Å². The fourth-order valence-corrected chi connectivity index (χ4v) is 4.33. The number of hydrogen-bond acceptors (Lipinski definition) is 7. The van der Waals surface area contributed by atoms with Crippen LogP contribution in [0.3, 0.4) is 0 Å². The molecule has 0 radical (unpaired) electrons. The molecule has 0 aliphatic rings. The molecule has 40 heavy (non-hydrogen) atoms. The summed E-state index contributed by atoms with van der Waals surface area (Å²) in [5, 5.41) is 16.8. The van der Waals surface area contributed by atoms with Gasteiger partial charge in [-0.15, -0.1) is 5.10 Å². The van der Waals surface area contributed by atoms with Gasteiger partial charge in [-0.3, -0.25) is 9.59 Å². The van der Waals surface area contributed by atoms with Crippen molar-refractivity contribution in [2.45, 2.75) is 30.7 Å². The molecule has 3 aromatic rings. The zero-order chi connectivity index (χ0) is 29.7. The number of alkyl halides is 3. The van der Waals surface area contributed by atoms with Crippen molar-refractivity contribution in [3.63, 3.8) is 0 Å². The number of nitrogens with zero attached hydrogens (tertiary/aromatic N) is 5. The topological polar surface area (TPSA) is 105 Å². The molecule has 0 saturated heterocycles. The number of amides is 2. The van der Waals surface area contributed by atoms with E-state index in [2.05, 4.69) is 38.0 Å². The molecule has 1 heterocycles. The predicted octanol–water partition coefficient (Wildman–Crippen LogP) is 4.53. The van der Waals surface area contributed by atoms with Crippen molar-refractivity contribution in [2.24, 2.45) is 0 Å². The van der Waals surface area contributed by atoms with Gasteiger partial charge in [0.05, 0.1) is 44.8 Å². The van der Waals surface area contributed by atoms with Gasteiger partial charge in [0, 0.05) is 5.56 Å². The summed E-state index contributed by atoms with van der Waals surface area (Å²) in [5.41, 5.74) is -0.875. The Hall–Kier alpha value is -3.31. The molecule has 3 rings (SSSR count). The fraction of sp³-hybridized carbons (Fsp3) is 0.320. The summed E-state index contributed by atoms with van der Waals surface area (Å²) in [6.07, 6.45) is -4.58. The maximum Gasteiger partial charge on any atom is 0.416 e. The molecule has 2 amide bonds. The molecule has 0 aliphatic heterocycles. The summed E-state index contributed by atoms with van der Waals surface area (Å²) in [5.74, 6) is 5.17. The number of carbonyl (C=O) groups excluding carboxylic acids is 2. The van der Waals surface area contributed by atoms with E-state index in [0.717, 1.165) is 34.6 Å². The van der Waals surface area contributed by atoms with Crippen LogP contribution in [0.4, 0.5) is 18.9 Å². The number of anilines is 1. The van der Waals surface area contributed by atoms with Crippen LogP contribution in [-0.4, -0.2) is 68.9 Å². The van der Waals surface area contributed by atoms with Crippen molar-refractivity contribution < 1.29 is 22.8 Å². The van der Waals surface area contributed by atoms with Crippen molar-refractivity contribution in [3.8, 4) is 17.5 Å². The van der Waals surface area contributed by atoms with E-state index in [9.17, 15) is 22.8 Å². The van der Waals surface area contributed by atoms with Crippen LogP contribution in [0.15, 0.2) is 41.6 Å². The van der Waals surface area contributed by atoms with E-state index >= 15 is 0 Å². The lowest BCUT2D eigenvalue weighted by Gasteiger charge is -2.21. The van der Waals surface area contributed by atoms with Gasteiger partial charge in [-0.2, -0.15) is 17.9 Å². The smallest absolute Gasteiger partial charge is 0.339 e. The van der Waals surface area contributed by atoms with Crippen LogP contribution in [0.25, 0.3) is 5.69 Å². The molecule has 0 atom stereocenters. The van der Waals surface area contributed by atoms with Crippen LogP contribution in [0.5, 0.6) is 0 Å². The number of carbonyl (C=O) groups is 2. The van der Waals surface area contributed by atoms with Crippen LogP contribution in [0.1, 0.15) is 25.0 Å². The van der Waals surface area contributed by atoms with Gasteiger partial charge in [-0.05, 0) is 74.8 Å². The standard InChI is InChI=1S/C25H24Cl2F3N7O2S/c1-24(2,32-21(38)13-36(3)4)10-9-15-5-8-19(18(27)11-15)31-22(39)14-40-23-33-34-35-37(23)20-12-16(25(28,29)30)6-7-17(20)26/h5-8,11-12H,13-14H2,1-4H3,(H,31,39)(H,32,38). The van der Waals surface area contributed by atoms with Gasteiger partial charge in [-0.1, -0.05) is 46.8 Å². The normalized spacial score (nSPS) is 11.7. The zero-order valence-corrected chi connectivity index (χ0v) is 24.1. The number of benzene rings is 2. The number of nitrogens with one attached hydrogen (secondary N) is 2. The van der Waals surface area contributed by atoms with E-state index in [1.54, 1.807) is 51.0 Å². The summed E-state index contributed by atoms with van der Waals surface area (Å²) >= 11 is 13.3. The Bertz CT molecular complexity index is 1470. The quantitative estimate of drug-likeness (QED) is 0.284. The minimum Gasteiger partial charge on any atom is -0.339 e. The molecular weight excluding hydrogens is 590 g/mol. The Morgan fingerprint density at radius 2 is 1.80 bits per heavy atom. The molecule has 0 fully saturated rings. The molecular formula is C25H24Cl2F3N7O2S. The first kappa shape index (κ1) is 31.2. The summed E-state index contributed by atoms with van der Waals surface area (Å²) < 4.78 is 40.5. The van der Waals surface area contributed by atoms with Crippen molar-refractivity contribution in [1.82, 2.24) is 30.4 Å². The number of likely N-dealkylation sites (N-methyl/N-ethyl adjacent to an activating group) is 1. The molecule has 9 nitrogen and oxygen atoms in total. The van der Waals surface area contributed by atoms with Gasteiger partial charge in [0.1, 0.15) is 0 Å². The number of hydrogen-bond donors (Lipinski definition) is 2. The molecule has 2 aromatic carbocycles. The molecule has 0 unspecified atom stereocenters. The molecule has 212 valence electrons. The van der Waals surface area contributed by atoms with Crippen LogP contribution in [0, 0.1) is 11.8 Å². The van der Waals surface area contributed by atoms with Gasteiger partial charge in [-0.25, -0.2) is 0 Å². The zero-order valence-electron chi connectivity index (χ0n) is 21.7. The first-order valence-corrected chi connectivity index (χ1v) is 13.3. The first-order chi connectivity index (χ1) is 18.6. The van der Waals surface area contributed by atoms with Crippen LogP contribution >= 0.6 is 35.0 Å². The van der Waals surface area contributed by atoms with Gasteiger partial charge in [0.2, 0.25) is 17.0 Å². The lowest BCUT2D eigenvalue weighted by Crippen LogP contribution is -2.45. The lowest BCUT2D eigenvalue weighted by atomic mass is 10.1. The molecule has 0 bridgehead atoms. The van der Waals surface area contributed by atoms with E-state index in [4.69, 9.17) is 23.2 Å². The third kappa shape index (κ3) is 8.85. The van der Waals surface area contributed by atoms with Crippen molar-refractivity contribution in [3.05, 3.63) is 57.6 Å². The number of thioether (sulfide) groups is 1. The summed E-state index contributed by atoms with van der Waals surface area (Å²) in [7, 11) is 3.58.